The molecule has 0 aliphatic heterocycles. The van der Waals surface area contributed by atoms with Gasteiger partial charge < -0.3 is 10.8 Å². The van der Waals surface area contributed by atoms with E-state index in [1.165, 1.54) is 11.1 Å². The van der Waals surface area contributed by atoms with Crippen LogP contribution in [0.2, 0.25) is 0 Å². The molecule has 1 rings (SSSR count). The lowest BCUT2D eigenvalue weighted by atomic mass is 9.94. The Labute approximate surface area is 117 Å². The molecular weight excluding hydrogens is 246 g/mol. The molecule has 0 fully saturated rings. The highest BCUT2D eigenvalue weighted by molar-refractivity contribution is 5.85. The zero-order valence-corrected chi connectivity index (χ0v) is 12.6. The Bertz CT molecular complexity index is 345. The lowest BCUT2D eigenvalue weighted by Crippen LogP contribution is -2.26. The molecule has 1 aromatic rings. The second-order valence-corrected chi connectivity index (χ2v) is 5.49. The minimum absolute atomic E-state index is 0. The summed E-state index contributed by atoms with van der Waals surface area (Å²) in [7, 11) is 0. The Morgan fingerprint density at radius 2 is 1.56 bits per heavy atom. The van der Waals surface area contributed by atoms with Crippen molar-refractivity contribution in [2.24, 2.45) is 11.7 Å². The van der Waals surface area contributed by atoms with Crippen molar-refractivity contribution in [1.82, 2.24) is 0 Å². The fourth-order valence-electron chi connectivity index (χ4n) is 2.11. The van der Waals surface area contributed by atoms with E-state index in [1.807, 2.05) is 0 Å². The predicted molar refractivity (Wildman–Crippen MR) is 80.2 cm³/mol. The van der Waals surface area contributed by atoms with Crippen LogP contribution in [0.3, 0.4) is 0 Å². The average Bonchev–Trinajstić information content (AvgIpc) is 2.23. The third kappa shape index (κ3) is 5.38. The van der Waals surface area contributed by atoms with Crippen LogP contribution in [-0.2, 0) is 0 Å². The van der Waals surface area contributed by atoms with E-state index in [2.05, 4.69) is 45.9 Å². The van der Waals surface area contributed by atoms with Gasteiger partial charge in [0.05, 0.1) is 12.1 Å². The van der Waals surface area contributed by atoms with E-state index < -0.39 is 6.10 Å². The number of rotatable bonds is 5. The second-order valence-electron chi connectivity index (χ2n) is 5.49. The fraction of sp³-hybridized carbons (Fsp3) is 0.600. The van der Waals surface area contributed by atoms with E-state index in [0.29, 0.717) is 5.92 Å². The molecule has 0 saturated heterocycles. The Morgan fingerprint density at radius 3 is 2.00 bits per heavy atom. The highest BCUT2D eigenvalue weighted by Gasteiger charge is 2.17. The van der Waals surface area contributed by atoms with Gasteiger partial charge in [0.15, 0.2) is 0 Å². The third-order valence-electron chi connectivity index (χ3n) is 3.08. The molecule has 0 heterocycles. The van der Waals surface area contributed by atoms with Crippen molar-refractivity contribution in [2.75, 3.05) is 0 Å². The van der Waals surface area contributed by atoms with E-state index >= 15 is 0 Å². The van der Waals surface area contributed by atoms with Crippen LogP contribution < -0.4 is 5.73 Å². The largest absolute Gasteiger partial charge is 0.391 e. The zero-order chi connectivity index (χ0) is 13.0. The normalized spacial score (nSPS) is 14.2. The highest BCUT2D eigenvalue weighted by atomic mass is 35.5. The number of aryl methyl sites for hydroxylation is 2. The maximum atomic E-state index is 10.1. The summed E-state index contributed by atoms with van der Waals surface area (Å²) in [4.78, 5) is 0. The minimum atomic E-state index is -0.446. The van der Waals surface area contributed by atoms with Gasteiger partial charge in [-0.3, -0.25) is 0 Å². The molecule has 0 aliphatic carbocycles. The smallest absolute Gasteiger partial charge is 0.0732 e. The molecule has 0 saturated carbocycles. The van der Waals surface area contributed by atoms with Crippen molar-refractivity contribution in [3.63, 3.8) is 0 Å². The van der Waals surface area contributed by atoms with Gasteiger partial charge in [0, 0.05) is 0 Å². The number of aliphatic hydroxyl groups is 1. The molecule has 2 atom stereocenters. The van der Waals surface area contributed by atoms with E-state index in [9.17, 15) is 5.11 Å². The molecule has 0 bridgehead atoms. The van der Waals surface area contributed by atoms with Gasteiger partial charge >= 0.3 is 0 Å². The van der Waals surface area contributed by atoms with Crippen molar-refractivity contribution in [3.8, 4) is 0 Å². The van der Waals surface area contributed by atoms with E-state index in [1.54, 1.807) is 0 Å². The van der Waals surface area contributed by atoms with Crippen LogP contribution in [0.5, 0.6) is 0 Å². The van der Waals surface area contributed by atoms with Crippen LogP contribution in [0.15, 0.2) is 18.2 Å². The van der Waals surface area contributed by atoms with Crippen molar-refractivity contribution in [3.05, 3.63) is 34.9 Å². The number of nitrogens with two attached hydrogens (primary N) is 1. The molecular formula is C15H26ClNO. The Morgan fingerprint density at radius 1 is 1.06 bits per heavy atom. The molecule has 18 heavy (non-hydrogen) atoms. The number of halogens is 1. The third-order valence-corrected chi connectivity index (χ3v) is 3.08. The summed E-state index contributed by atoms with van der Waals surface area (Å²) in [5.41, 5.74) is 9.55. The lowest BCUT2D eigenvalue weighted by molar-refractivity contribution is 0.128. The number of hydrogen-bond acceptors (Lipinski definition) is 2. The maximum absolute atomic E-state index is 10.1. The van der Waals surface area contributed by atoms with Crippen LogP contribution in [-0.4, -0.2) is 11.2 Å². The van der Waals surface area contributed by atoms with Crippen molar-refractivity contribution in [1.29, 1.82) is 0 Å². The predicted octanol–water partition coefficient (Wildman–Crippen LogP) is 3.52. The second kappa shape index (κ2) is 7.78. The monoisotopic (exact) mass is 271 g/mol. The van der Waals surface area contributed by atoms with Crippen LogP contribution in [0.1, 0.15) is 49.4 Å². The molecule has 0 amide bonds. The van der Waals surface area contributed by atoms with Crippen molar-refractivity contribution < 1.29 is 5.11 Å². The first-order valence-corrected chi connectivity index (χ1v) is 6.42. The highest BCUT2D eigenvalue weighted by Crippen LogP contribution is 2.21. The molecule has 0 unspecified atom stereocenters. The number of aliphatic hydroxyl groups excluding tert-OH is 1. The van der Waals surface area contributed by atoms with Gasteiger partial charge in [-0.05, 0) is 38.2 Å². The van der Waals surface area contributed by atoms with Crippen LogP contribution in [0.4, 0.5) is 0 Å². The SMILES string of the molecule is Cc1cc(C)cc([C@H](N)[C@H](O)CCC(C)C)c1.Cl. The van der Waals surface area contributed by atoms with Crippen LogP contribution in [0, 0.1) is 19.8 Å². The van der Waals surface area contributed by atoms with E-state index in [0.717, 1.165) is 18.4 Å². The first kappa shape index (κ1) is 17.4. The molecule has 0 radical (unpaired) electrons. The topological polar surface area (TPSA) is 46.2 Å². The quantitative estimate of drug-likeness (QED) is 0.861. The summed E-state index contributed by atoms with van der Waals surface area (Å²) in [6.07, 6.45) is 1.34. The number of benzene rings is 1. The molecule has 3 N–H and O–H groups in total. The summed E-state index contributed by atoms with van der Waals surface area (Å²) in [5, 5.41) is 10.1. The number of hydrogen-bond donors (Lipinski definition) is 2. The van der Waals surface area contributed by atoms with Gasteiger partial charge in [-0.2, -0.15) is 0 Å². The molecule has 2 nitrogen and oxygen atoms in total. The molecule has 0 aliphatic rings. The van der Waals surface area contributed by atoms with Gasteiger partial charge in [-0.15, -0.1) is 12.4 Å². The van der Waals surface area contributed by atoms with Gasteiger partial charge in [0.2, 0.25) is 0 Å². The van der Waals surface area contributed by atoms with Gasteiger partial charge in [-0.1, -0.05) is 43.2 Å². The molecule has 1 aromatic carbocycles. The first-order valence-electron chi connectivity index (χ1n) is 6.42. The van der Waals surface area contributed by atoms with E-state index in [-0.39, 0.29) is 18.4 Å². The fourth-order valence-corrected chi connectivity index (χ4v) is 2.11. The maximum Gasteiger partial charge on any atom is 0.0732 e. The van der Waals surface area contributed by atoms with Gasteiger partial charge in [-0.25, -0.2) is 0 Å². The zero-order valence-electron chi connectivity index (χ0n) is 11.8. The standard InChI is InChI=1S/C15H25NO.ClH/c1-10(2)5-6-14(17)15(16)13-8-11(3)7-12(4)9-13;/h7-10,14-15,17H,5-6,16H2,1-4H3;1H/t14-,15+;/m1./s1. The summed E-state index contributed by atoms with van der Waals surface area (Å²) in [5.74, 6) is 0.607. The average molecular weight is 272 g/mol. The Balaban J connectivity index is 0.00000289. The van der Waals surface area contributed by atoms with Crippen LogP contribution >= 0.6 is 12.4 Å². The van der Waals surface area contributed by atoms with Gasteiger partial charge in [0.1, 0.15) is 0 Å². The molecule has 104 valence electrons. The summed E-state index contributed by atoms with van der Waals surface area (Å²) in [6.45, 7) is 8.44. The molecule has 3 heteroatoms. The Kier molecular flexibility index (Phi) is 7.53. The van der Waals surface area contributed by atoms with Crippen molar-refractivity contribution >= 4 is 12.4 Å². The van der Waals surface area contributed by atoms with E-state index in [4.69, 9.17) is 5.73 Å². The summed E-state index contributed by atoms with van der Waals surface area (Å²) in [6, 6.07) is 5.98. The minimum Gasteiger partial charge on any atom is -0.391 e. The summed E-state index contributed by atoms with van der Waals surface area (Å²) >= 11 is 0. The van der Waals surface area contributed by atoms with Gasteiger partial charge in [0.25, 0.3) is 0 Å². The lowest BCUT2D eigenvalue weighted by Gasteiger charge is -2.21. The van der Waals surface area contributed by atoms with Crippen molar-refractivity contribution in [2.45, 2.75) is 52.7 Å². The van der Waals surface area contributed by atoms with Crippen LogP contribution in [0.25, 0.3) is 0 Å². The Hall–Kier alpha value is -0.570. The molecule has 0 spiro atoms. The summed E-state index contributed by atoms with van der Waals surface area (Å²) < 4.78 is 0. The first-order chi connectivity index (χ1) is 7.90. The molecule has 0 aromatic heterocycles.